The summed E-state index contributed by atoms with van der Waals surface area (Å²) in [6.07, 6.45) is -1.79. The van der Waals surface area contributed by atoms with E-state index in [4.69, 9.17) is 0 Å². The lowest BCUT2D eigenvalue weighted by Gasteiger charge is -2.31. The molecule has 1 rings (SSSR count). The molecule has 7 N–H and O–H groups in total. The van der Waals surface area contributed by atoms with Crippen LogP contribution in [0.4, 0.5) is 0 Å². The molecule has 2 unspecified atom stereocenters. The smallest absolute Gasteiger partial charge is 0.377 e. The lowest BCUT2D eigenvalue weighted by Crippen LogP contribution is -2.52. The van der Waals surface area contributed by atoms with E-state index >= 15 is 0 Å². The molecule has 1 aromatic carbocycles. The number of carbonyl (C=O) groups excluding carboxylic acids is 3. The molecule has 1 aromatic rings. The summed E-state index contributed by atoms with van der Waals surface area (Å²) in [7, 11) is -15.2. The molecule has 19 heteroatoms. The van der Waals surface area contributed by atoms with Crippen LogP contribution in [-0.2, 0) is 57.8 Å². The number of benzene rings is 1. The molecule has 0 amide bonds. The van der Waals surface area contributed by atoms with E-state index in [1.807, 2.05) is 0 Å². The third kappa shape index (κ3) is 8.53. The van der Waals surface area contributed by atoms with Gasteiger partial charge in [0, 0.05) is 0 Å². The number of hydrogen-bond donors (Lipinski definition) is 4. The van der Waals surface area contributed by atoms with Crippen LogP contribution in [0.3, 0.4) is 0 Å². The Morgan fingerprint density at radius 2 is 1.29 bits per heavy atom. The molecule has 0 radical (unpaired) electrons. The summed E-state index contributed by atoms with van der Waals surface area (Å²) in [6, 6.07) is 5.87. The largest absolute Gasteiger partial charge is 0.382 e. The monoisotopic (exact) mass is 505 g/mol. The minimum atomic E-state index is -5.15. The first-order valence-corrected chi connectivity index (χ1v) is 11.8. The van der Waals surface area contributed by atoms with Crippen molar-refractivity contribution in [3.05, 3.63) is 35.9 Å². The Morgan fingerprint density at radius 1 is 0.839 bits per heavy atom. The molecule has 0 saturated heterocycles. The van der Waals surface area contributed by atoms with Gasteiger partial charge in [0.15, 0.2) is 5.60 Å². The van der Waals surface area contributed by atoms with Crippen LogP contribution in [-0.4, -0.2) is 53.9 Å². The summed E-state index contributed by atoms with van der Waals surface area (Å²) in [5, 5.41) is 24.4. The second-order valence-corrected chi connectivity index (χ2v) is 9.11. The third-order valence-electron chi connectivity index (χ3n) is 3.21. The van der Waals surface area contributed by atoms with Crippen molar-refractivity contribution in [2.24, 2.45) is 15.4 Å². The number of nitrogens with two attached hydrogens (primary N) is 3. The highest BCUT2D eigenvalue weighted by Gasteiger charge is 2.54. The first kappa shape index (κ1) is 26.4. The second-order valence-electron chi connectivity index (χ2n) is 5.65. The van der Waals surface area contributed by atoms with Crippen molar-refractivity contribution < 1.29 is 57.3 Å². The zero-order valence-corrected chi connectivity index (χ0v) is 17.4. The van der Waals surface area contributed by atoms with Crippen LogP contribution < -0.4 is 15.4 Å². The quantitative estimate of drug-likeness (QED) is 0.250. The van der Waals surface area contributed by atoms with Gasteiger partial charge in [0.1, 0.15) is 5.92 Å². The van der Waals surface area contributed by atoms with Crippen LogP contribution in [0.2, 0.25) is 0 Å². The number of aliphatic hydroxyl groups is 1. The van der Waals surface area contributed by atoms with Gasteiger partial charge in [-0.05, 0) is 5.56 Å². The van der Waals surface area contributed by atoms with Gasteiger partial charge in [-0.15, -0.1) is 0 Å². The topological polar surface area (TPSA) is 280 Å². The molecule has 0 bridgehead atoms. The summed E-state index contributed by atoms with van der Waals surface area (Å²) < 4.78 is 77.9. The van der Waals surface area contributed by atoms with Crippen molar-refractivity contribution in [1.29, 1.82) is 0 Å². The minimum absolute atomic E-state index is 0.423. The highest BCUT2D eigenvalue weighted by Crippen LogP contribution is 2.35. The summed E-state index contributed by atoms with van der Waals surface area (Å²) in [5.41, 5.74) is -4.06. The van der Waals surface area contributed by atoms with Gasteiger partial charge < -0.3 is 17.7 Å². The Balaban J connectivity index is 3.68. The summed E-state index contributed by atoms with van der Waals surface area (Å²) in [4.78, 5) is 36.6. The van der Waals surface area contributed by atoms with E-state index in [-0.39, 0.29) is 0 Å². The molecule has 0 aliphatic rings. The maximum atomic E-state index is 12.4. The van der Waals surface area contributed by atoms with Crippen molar-refractivity contribution in [3.8, 4) is 0 Å². The Morgan fingerprint density at radius 3 is 1.71 bits per heavy atom. The molecule has 2 atom stereocenters. The van der Waals surface area contributed by atoms with Gasteiger partial charge in [0.25, 0.3) is 0 Å². The molecule has 31 heavy (non-hydrogen) atoms. The maximum absolute atomic E-state index is 12.4. The van der Waals surface area contributed by atoms with Crippen LogP contribution in [0.25, 0.3) is 0 Å². The van der Waals surface area contributed by atoms with E-state index in [2.05, 4.69) is 28.0 Å². The minimum Gasteiger partial charge on any atom is -0.377 e. The Bertz CT molecular complexity index is 1180. The normalized spacial score (nSPS) is 15.2. The van der Waals surface area contributed by atoms with E-state index in [1.165, 1.54) is 18.2 Å². The van der Waals surface area contributed by atoms with E-state index < -0.39 is 72.3 Å². The van der Waals surface area contributed by atoms with Crippen LogP contribution in [0.1, 0.15) is 17.9 Å². The van der Waals surface area contributed by atoms with Gasteiger partial charge in [0.2, 0.25) is 0 Å². The predicted octanol–water partition coefficient (Wildman–Crippen LogP) is -3.87. The maximum Gasteiger partial charge on any atom is 0.382 e. The fourth-order valence-corrected chi connectivity index (χ4v) is 3.26. The average molecular weight is 505 g/mol. The molecule has 0 saturated carbocycles. The van der Waals surface area contributed by atoms with Gasteiger partial charge >= 0.3 is 48.8 Å². The second kappa shape index (κ2) is 9.21. The molecule has 174 valence electrons. The highest BCUT2D eigenvalue weighted by atomic mass is 32.2. The zero-order chi connectivity index (χ0) is 24.3. The molecular weight excluding hydrogens is 490 g/mol. The molecule has 0 aromatic heterocycles. The van der Waals surface area contributed by atoms with E-state index in [0.29, 0.717) is 0 Å². The molecule has 0 heterocycles. The molecule has 0 spiro atoms. The van der Waals surface area contributed by atoms with Crippen molar-refractivity contribution >= 4 is 48.8 Å². The lowest BCUT2D eigenvalue weighted by molar-refractivity contribution is -0.169. The van der Waals surface area contributed by atoms with Crippen LogP contribution >= 0.6 is 0 Å². The van der Waals surface area contributed by atoms with Gasteiger partial charge in [-0.25, -0.2) is 4.79 Å². The third-order valence-corrected chi connectivity index (χ3v) is 4.41. The van der Waals surface area contributed by atoms with Crippen LogP contribution in [0.5, 0.6) is 0 Å². The van der Waals surface area contributed by atoms with E-state index in [1.54, 1.807) is 0 Å². The summed E-state index contributed by atoms with van der Waals surface area (Å²) in [5.74, 6) is -8.76. The highest BCUT2D eigenvalue weighted by molar-refractivity contribution is 7.85. The SMILES string of the molecule is NS(=O)(=O)OC(=O)CC(O)(C(=O)OS(N)(=O)=O)C(C(=O)OS(N)(=O)=O)c1ccccc1. The van der Waals surface area contributed by atoms with E-state index in [0.717, 1.165) is 12.1 Å². The Labute approximate surface area is 175 Å². The summed E-state index contributed by atoms with van der Waals surface area (Å²) >= 11 is 0. The van der Waals surface area contributed by atoms with Gasteiger partial charge in [-0.2, -0.15) is 40.7 Å². The molecule has 0 aliphatic heterocycles. The van der Waals surface area contributed by atoms with Gasteiger partial charge in [-0.3, -0.25) is 9.59 Å². The Kier molecular flexibility index (Phi) is 7.83. The molecular formula is C12H15N3O13S3. The van der Waals surface area contributed by atoms with Crippen molar-refractivity contribution in [1.82, 2.24) is 0 Å². The van der Waals surface area contributed by atoms with Gasteiger partial charge in [-0.1, -0.05) is 30.3 Å². The Hall–Kier alpha value is -2.68. The lowest BCUT2D eigenvalue weighted by atomic mass is 9.79. The predicted molar refractivity (Wildman–Crippen MR) is 96.3 cm³/mol. The number of carbonyl (C=O) groups is 3. The van der Waals surface area contributed by atoms with Crippen LogP contribution in [0.15, 0.2) is 30.3 Å². The van der Waals surface area contributed by atoms with E-state index in [9.17, 15) is 44.7 Å². The van der Waals surface area contributed by atoms with Crippen molar-refractivity contribution in [2.45, 2.75) is 17.9 Å². The van der Waals surface area contributed by atoms with Crippen LogP contribution in [0, 0.1) is 0 Å². The van der Waals surface area contributed by atoms with Crippen molar-refractivity contribution in [3.63, 3.8) is 0 Å². The first-order chi connectivity index (χ1) is 13.8. The fraction of sp³-hybridized carbons (Fsp3) is 0.250. The molecule has 16 nitrogen and oxygen atoms in total. The standard InChI is InChI=1S/C12H15N3O13S3/c13-29(20,21)26-8(16)6-12(19,11(18)28-31(15,24)25)9(7-4-2-1-3-5-7)10(17)27-30(14,22)23/h1-5,9,19H,6H2,(H2,13,20,21)(H2,14,22,23)(H2,15,24,25). The summed E-state index contributed by atoms with van der Waals surface area (Å²) in [6.45, 7) is 0. The first-order valence-electron chi connectivity index (χ1n) is 7.39. The fourth-order valence-electron chi connectivity index (χ4n) is 2.26. The number of hydrogen-bond acceptors (Lipinski definition) is 13. The zero-order valence-electron chi connectivity index (χ0n) is 15.0. The average Bonchev–Trinajstić information content (AvgIpc) is 2.50. The number of rotatable bonds is 9. The molecule has 0 fully saturated rings. The van der Waals surface area contributed by atoms with Gasteiger partial charge in [0.05, 0.1) is 6.42 Å². The van der Waals surface area contributed by atoms with Crippen molar-refractivity contribution in [2.75, 3.05) is 0 Å². The molecule has 0 aliphatic carbocycles.